The van der Waals surface area contributed by atoms with Gasteiger partial charge in [-0.25, -0.2) is 0 Å². The summed E-state index contributed by atoms with van der Waals surface area (Å²) in [5, 5.41) is 3.94. The lowest BCUT2D eigenvalue weighted by Crippen LogP contribution is -2.51. The average Bonchev–Trinajstić information content (AvgIpc) is 3.35. The number of rotatable bonds is 9. The van der Waals surface area contributed by atoms with Crippen LogP contribution in [0, 0.1) is 5.92 Å². The molecule has 3 aromatic rings. The van der Waals surface area contributed by atoms with Crippen LogP contribution in [0.2, 0.25) is 0 Å². The number of nitrogens with one attached hydrogen (secondary N) is 1. The van der Waals surface area contributed by atoms with Gasteiger partial charge in [0.15, 0.2) is 0 Å². The summed E-state index contributed by atoms with van der Waals surface area (Å²) >= 11 is 0. The highest BCUT2D eigenvalue weighted by molar-refractivity contribution is 7.86. The van der Waals surface area contributed by atoms with Crippen molar-refractivity contribution < 1.29 is 22.1 Å². The molecule has 0 aliphatic heterocycles. The summed E-state index contributed by atoms with van der Waals surface area (Å²) < 4.78 is 40.7. The third-order valence-corrected chi connectivity index (χ3v) is 7.61. The Labute approximate surface area is 207 Å². The quantitative estimate of drug-likeness (QED) is 0.272. The van der Waals surface area contributed by atoms with Crippen LogP contribution in [0.1, 0.15) is 29.5 Å². The summed E-state index contributed by atoms with van der Waals surface area (Å²) in [4.78, 5) is 0. The van der Waals surface area contributed by atoms with Crippen LogP contribution in [-0.4, -0.2) is 47.3 Å². The highest BCUT2D eigenvalue weighted by Crippen LogP contribution is 2.51. The van der Waals surface area contributed by atoms with Gasteiger partial charge in [0.2, 0.25) is 0 Å². The molecule has 5 rings (SSSR count). The molecule has 0 radical (unpaired) electrons. The first kappa shape index (κ1) is 24.2. The van der Waals surface area contributed by atoms with Crippen LogP contribution in [0.3, 0.4) is 0 Å². The molecule has 0 saturated heterocycles. The summed E-state index contributed by atoms with van der Waals surface area (Å²) in [6, 6.07) is 27.0. The Morgan fingerprint density at radius 1 is 0.886 bits per heavy atom. The van der Waals surface area contributed by atoms with Crippen molar-refractivity contribution in [3.8, 4) is 11.1 Å². The zero-order valence-electron chi connectivity index (χ0n) is 20.0. The van der Waals surface area contributed by atoms with Gasteiger partial charge in [0, 0.05) is 13.2 Å². The Morgan fingerprint density at radius 2 is 1.49 bits per heavy atom. The fourth-order valence-electron chi connectivity index (χ4n) is 5.77. The number of hydrogen-bond acceptors (Lipinski definition) is 6. The third kappa shape index (κ3) is 4.67. The Morgan fingerprint density at radius 3 is 2.09 bits per heavy atom. The minimum absolute atomic E-state index is 0.147. The second-order valence-corrected chi connectivity index (χ2v) is 11.0. The molecule has 7 heteroatoms. The van der Waals surface area contributed by atoms with Crippen LogP contribution in [0.5, 0.6) is 0 Å². The highest BCUT2D eigenvalue weighted by Gasteiger charge is 2.49. The normalized spacial score (nSPS) is 22.6. The molecule has 1 fully saturated rings. The molecule has 0 unspecified atom stereocenters. The maximum absolute atomic E-state index is 12.2. The van der Waals surface area contributed by atoms with Crippen LogP contribution in [-0.2, 0) is 29.3 Å². The first-order chi connectivity index (χ1) is 16.9. The molecule has 0 spiro atoms. The van der Waals surface area contributed by atoms with Gasteiger partial charge in [-0.3, -0.25) is 9.50 Å². The third-order valence-electron chi connectivity index (χ3n) is 7.02. The summed E-state index contributed by atoms with van der Waals surface area (Å²) in [6.45, 7) is 0.696. The molecule has 1 N–H and O–H groups in total. The molecule has 3 atom stereocenters. The van der Waals surface area contributed by atoms with E-state index in [9.17, 15) is 8.42 Å². The van der Waals surface area contributed by atoms with Gasteiger partial charge in [-0.1, -0.05) is 78.9 Å². The second-order valence-electron chi connectivity index (χ2n) is 9.41. The van der Waals surface area contributed by atoms with Crippen molar-refractivity contribution in [2.45, 2.75) is 30.5 Å². The number of ether oxygens (including phenoxy) is 2. The molecule has 184 valence electrons. The number of methoxy groups -OCH3 is 1. The van der Waals surface area contributed by atoms with Gasteiger partial charge in [0.1, 0.15) is 6.79 Å². The van der Waals surface area contributed by atoms with Crippen molar-refractivity contribution in [1.29, 1.82) is 0 Å². The van der Waals surface area contributed by atoms with Crippen molar-refractivity contribution in [2.24, 2.45) is 5.92 Å². The van der Waals surface area contributed by atoms with Gasteiger partial charge in [-0.2, -0.15) is 8.42 Å². The van der Waals surface area contributed by atoms with Gasteiger partial charge in [0.05, 0.1) is 24.5 Å². The summed E-state index contributed by atoms with van der Waals surface area (Å²) in [5.74, 6) is 0.147. The van der Waals surface area contributed by atoms with E-state index in [0.29, 0.717) is 13.0 Å². The van der Waals surface area contributed by atoms with Crippen molar-refractivity contribution in [3.63, 3.8) is 0 Å². The van der Waals surface area contributed by atoms with E-state index in [1.54, 1.807) is 7.11 Å². The lowest BCUT2D eigenvalue weighted by molar-refractivity contribution is -0.0435. The van der Waals surface area contributed by atoms with Gasteiger partial charge in [0.25, 0.3) is 10.1 Å². The van der Waals surface area contributed by atoms with E-state index in [1.807, 2.05) is 18.2 Å². The molecular weight excluding hydrogens is 462 g/mol. The van der Waals surface area contributed by atoms with E-state index in [-0.39, 0.29) is 18.8 Å². The first-order valence-electron chi connectivity index (χ1n) is 11.9. The summed E-state index contributed by atoms with van der Waals surface area (Å²) in [7, 11) is -2.04. The maximum Gasteiger partial charge on any atom is 0.264 e. The van der Waals surface area contributed by atoms with E-state index in [2.05, 4.69) is 66.0 Å². The Balaban J connectivity index is 1.60. The van der Waals surface area contributed by atoms with Gasteiger partial charge in [-0.15, -0.1) is 0 Å². The summed E-state index contributed by atoms with van der Waals surface area (Å²) in [5.41, 5.74) is 5.14. The van der Waals surface area contributed by atoms with E-state index >= 15 is 0 Å². The zero-order valence-corrected chi connectivity index (χ0v) is 20.8. The van der Waals surface area contributed by atoms with Crippen molar-refractivity contribution in [3.05, 3.63) is 95.6 Å². The topological polar surface area (TPSA) is 73.9 Å². The first-order valence-corrected chi connectivity index (χ1v) is 13.7. The standard InChI is InChI=1S/C28H31NO5S/c1-32-19-33-18-20-16-26(27(17-20)34-35(2,30)31)29-28(21-10-4-3-5-11-21)24-14-8-6-12-22(24)23-13-7-9-15-25(23)28/h3-15,20,26-27,29H,16-19H2,1-2H3/t20-,26+,27-/m0/s1. The highest BCUT2D eigenvalue weighted by atomic mass is 32.2. The van der Waals surface area contributed by atoms with Gasteiger partial charge >= 0.3 is 0 Å². The zero-order chi connectivity index (χ0) is 24.5. The molecule has 0 heterocycles. The Hall–Kier alpha value is -2.55. The average molecular weight is 494 g/mol. The minimum atomic E-state index is -3.63. The molecule has 2 aliphatic rings. The van der Waals surface area contributed by atoms with E-state index < -0.39 is 21.8 Å². The van der Waals surface area contributed by atoms with Crippen molar-refractivity contribution >= 4 is 10.1 Å². The molecular formula is C28H31NO5S. The van der Waals surface area contributed by atoms with E-state index in [1.165, 1.54) is 11.1 Å². The second kappa shape index (κ2) is 9.84. The van der Waals surface area contributed by atoms with E-state index in [0.717, 1.165) is 29.4 Å². The lowest BCUT2D eigenvalue weighted by Gasteiger charge is -2.38. The molecule has 6 nitrogen and oxygen atoms in total. The lowest BCUT2D eigenvalue weighted by atomic mass is 9.79. The van der Waals surface area contributed by atoms with Crippen molar-refractivity contribution in [1.82, 2.24) is 5.32 Å². The molecule has 0 aromatic heterocycles. The molecule has 3 aromatic carbocycles. The molecule has 2 aliphatic carbocycles. The van der Waals surface area contributed by atoms with Crippen molar-refractivity contribution in [2.75, 3.05) is 26.8 Å². The fourth-order valence-corrected chi connectivity index (χ4v) is 6.43. The number of hydrogen-bond donors (Lipinski definition) is 1. The van der Waals surface area contributed by atoms with E-state index in [4.69, 9.17) is 13.7 Å². The monoisotopic (exact) mass is 493 g/mol. The molecule has 0 bridgehead atoms. The fraction of sp³-hybridized carbons (Fsp3) is 0.357. The number of benzene rings is 3. The number of fused-ring (bicyclic) bond motifs is 3. The van der Waals surface area contributed by atoms with Crippen LogP contribution in [0.4, 0.5) is 0 Å². The molecule has 1 saturated carbocycles. The van der Waals surface area contributed by atoms with Gasteiger partial charge < -0.3 is 9.47 Å². The minimum Gasteiger partial charge on any atom is -0.359 e. The predicted octanol–water partition coefficient (Wildman–Crippen LogP) is 4.29. The van der Waals surface area contributed by atoms with Crippen LogP contribution >= 0.6 is 0 Å². The Bertz CT molecular complexity index is 1230. The largest absolute Gasteiger partial charge is 0.359 e. The Kier molecular flexibility index (Phi) is 6.79. The summed E-state index contributed by atoms with van der Waals surface area (Å²) in [6.07, 6.45) is 1.93. The van der Waals surface area contributed by atoms with Crippen LogP contribution in [0.15, 0.2) is 78.9 Å². The van der Waals surface area contributed by atoms with Crippen LogP contribution < -0.4 is 5.32 Å². The molecule has 0 amide bonds. The maximum atomic E-state index is 12.2. The molecule has 35 heavy (non-hydrogen) atoms. The SMILES string of the molecule is COCOC[C@@H]1C[C@H](OS(C)(=O)=O)[C@H](NC2(c3ccccc3)c3ccccc3-c3ccccc32)C1. The van der Waals surface area contributed by atoms with Gasteiger partial charge in [-0.05, 0) is 46.6 Å². The predicted molar refractivity (Wildman–Crippen MR) is 135 cm³/mol. The smallest absolute Gasteiger partial charge is 0.264 e. The van der Waals surface area contributed by atoms with Crippen LogP contribution in [0.25, 0.3) is 11.1 Å².